The first-order chi connectivity index (χ1) is 12.4. The van der Waals surface area contributed by atoms with E-state index in [4.69, 9.17) is 0 Å². The highest BCUT2D eigenvalue weighted by Crippen LogP contribution is 2.40. The molecule has 1 aromatic rings. The molecule has 0 saturated carbocycles. The molecule has 0 radical (unpaired) electrons. The van der Waals surface area contributed by atoms with E-state index >= 15 is 0 Å². The number of hydrogen-bond donors (Lipinski definition) is 0. The van der Waals surface area contributed by atoms with Gasteiger partial charge < -0.3 is 0 Å². The molecule has 6 heteroatoms. The second-order valence-corrected chi connectivity index (χ2v) is 6.93. The second-order valence-electron chi connectivity index (χ2n) is 6.93. The number of hydrogen-bond acceptors (Lipinski definition) is 4. The summed E-state index contributed by atoms with van der Waals surface area (Å²) in [6, 6.07) is 7.75. The summed E-state index contributed by atoms with van der Waals surface area (Å²) in [6.45, 7) is 1.19. The van der Waals surface area contributed by atoms with Crippen molar-refractivity contribution in [3.8, 4) is 0 Å². The monoisotopic (exact) mass is 354 g/mol. The Morgan fingerprint density at radius 1 is 1.08 bits per heavy atom. The lowest BCUT2D eigenvalue weighted by molar-refractivity contribution is -0.153. The summed E-state index contributed by atoms with van der Waals surface area (Å²) in [4.78, 5) is 52.8. The van der Waals surface area contributed by atoms with Gasteiger partial charge in [0.25, 0.3) is 5.91 Å². The fourth-order valence-electron chi connectivity index (χ4n) is 3.62. The van der Waals surface area contributed by atoms with E-state index in [1.54, 1.807) is 37.3 Å². The molecule has 1 aromatic carbocycles. The number of carbonyl (C=O) groups excluding carboxylic acids is 4. The van der Waals surface area contributed by atoms with Crippen LogP contribution < -0.4 is 0 Å². The maximum Gasteiger partial charge on any atom is 0.333 e. The Morgan fingerprint density at radius 2 is 1.77 bits per heavy atom. The molecule has 1 heterocycles. The first kappa shape index (κ1) is 18.0. The zero-order valence-electron chi connectivity index (χ0n) is 15.0. The lowest BCUT2D eigenvalue weighted by Crippen LogP contribution is -2.64. The second kappa shape index (κ2) is 6.86. The summed E-state index contributed by atoms with van der Waals surface area (Å²) in [7, 11) is 1.36. The van der Waals surface area contributed by atoms with Crippen LogP contribution in [0.1, 0.15) is 43.0 Å². The molecular formula is C20H22N2O4. The Bertz CT molecular complexity index is 799. The Labute approximate surface area is 152 Å². The van der Waals surface area contributed by atoms with E-state index in [0.717, 1.165) is 34.6 Å². The summed E-state index contributed by atoms with van der Waals surface area (Å²) in [5.74, 6) is -1.47. The molecule has 26 heavy (non-hydrogen) atoms. The van der Waals surface area contributed by atoms with Gasteiger partial charge in [0.05, 0.1) is 6.54 Å². The van der Waals surface area contributed by atoms with Gasteiger partial charge >= 0.3 is 6.03 Å². The van der Waals surface area contributed by atoms with E-state index in [-0.39, 0.29) is 12.3 Å². The smallest absolute Gasteiger partial charge is 0.292 e. The highest BCUT2D eigenvalue weighted by molar-refractivity contribution is 6.21. The van der Waals surface area contributed by atoms with Crippen LogP contribution in [0.4, 0.5) is 4.79 Å². The molecule has 1 saturated heterocycles. The van der Waals surface area contributed by atoms with Gasteiger partial charge in [-0.2, -0.15) is 0 Å². The molecular weight excluding hydrogens is 332 g/mol. The fourth-order valence-corrected chi connectivity index (χ4v) is 3.62. The third-order valence-corrected chi connectivity index (χ3v) is 5.25. The summed E-state index contributed by atoms with van der Waals surface area (Å²) in [5, 5.41) is 0. The maximum absolute atomic E-state index is 13.1. The van der Waals surface area contributed by atoms with Gasteiger partial charge in [-0.05, 0) is 38.2 Å². The molecule has 0 spiro atoms. The topological polar surface area (TPSA) is 74.8 Å². The largest absolute Gasteiger partial charge is 0.333 e. The molecule has 0 N–H and O–H groups in total. The molecule has 1 unspecified atom stereocenters. The van der Waals surface area contributed by atoms with E-state index < -0.39 is 23.3 Å². The Morgan fingerprint density at radius 3 is 2.38 bits per heavy atom. The molecule has 1 atom stereocenters. The molecule has 2 aliphatic rings. The van der Waals surface area contributed by atoms with Gasteiger partial charge in [-0.15, -0.1) is 0 Å². The molecule has 0 bridgehead atoms. The number of carbonyl (C=O) groups is 4. The highest BCUT2D eigenvalue weighted by Gasteiger charge is 2.55. The summed E-state index contributed by atoms with van der Waals surface area (Å²) >= 11 is 0. The molecule has 6 nitrogen and oxygen atoms in total. The third-order valence-electron chi connectivity index (χ3n) is 5.25. The standard InChI is InChI=1S/C20H22N2O4/c1-20(15-11-7-4-8-12-15)17(24)21(2)19(26)22(18(20)25)13-16(23)14-9-5-3-6-10-14/h3,5-6,9-11H,4,7-8,12-13H2,1-2H3. The number of benzene rings is 1. The van der Waals surface area contributed by atoms with Crippen LogP contribution in [0.25, 0.3) is 0 Å². The van der Waals surface area contributed by atoms with Crippen molar-refractivity contribution in [2.75, 3.05) is 13.6 Å². The fraction of sp³-hybridized carbons (Fsp3) is 0.400. The minimum Gasteiger partial charge on any atom is -0.292 e. The van der Waals surface area contributed by atoms with Crippen molar-refractivity contribution in [1.82, 2.24) is 9.80 Å². The molecule has 4 amide bonds. The third kappa shape index (κ3) is 2.85. The van der Waals surface area contributed by atoms with Crippen molar-refractivity contribution in [1.29, 1.82) is 0 Å². The number of urea groups is 1. The quantitative estimate of drug-likeness (QED) is 0.473. The maximum atomic E-state index is 13.1. The van der Waals surface area contributed by atoms with Gasteiger partial charge in [-0.1, -0.05) is 36.4 Å². The van der Waals surface area contributed by atoms with Crippen molar-refractivity contribution in [2.45, 2.75) is 32.6 Å². The summed E-state index contributed by atoms with van der Waals surface area (Å²) in [5.41, 5.74) is -0.249. The van der Waals surface area contributed by atoms with Crippen LogP contribution in [0.5, 0.6) is 0 Å². The first-order valence-electron chi connectivity index (χ1n) is 8.79. The minimum atomic E-state index is -1.42. The summed E-state index contributed by atoms with van der Waals surface area (Å²) in [6.07, 6.45) is 5.32. The highest BCUT2D eigenvalue weighted by atomic mass is 16.2. The number of Topliss-reactive ketones (excluding diaryl/α,β-unsaturated/α-hetero) is 1. The van der Waals surface area contributed by atoms with E-state index in [1.165, 1.54) is 7.05 Å². The van der Waals surface area contributed by atoms with Gasteiger partial charge in [0.15, 0.2) is 5.78 Å². The van der Waals surface area contributed by atoms with Gasteiger partial charge in [-0.3, -0.25) is 24.2 Å². The minimum absolute atomic E-state index is 0.338. The van der Waals surface area contributed by atoms with Crippen LogP contribution in [0.2, 0.25) is 0 Å². The van der Waals surface area contributed by atoms with Gasteiger partial charge in [0.1, 0.15) is 5.41 Å². The average Bonchev–Trinajstić information content (AvgIpc) is 2.69. The SMILES string of the molecule is CN1C(=O)N(CC(=O)c2ccccc2)C(=O)C(C)(C2=CCCCC2)C1=O. The average molecular weight is 354 g/mol. The van der Waals surface area contributed by atoms with Crippen molar-refractivity contribution >= 4 is 23.6 Å². The van der Waals surface area contributed by atoms with Crippen LogP contribution in [-0.2, 0) is 9.59 Å². The van der Waals surface area contributed by atoms with Crippen LogP contribution in [0, 0.1) is 5.41 Å². The van der Waals surface area contributed by atoms with Gasteiger partial charge in [0.2, 0.25) is 5.91 Å². The van der Waals surface area contributed by atoms with E-state index in [9.17, 15) is 19.2 Å². The number of allylic oxidation sites excluding steroid dienone is 1. The Kier molecular flexibility index (Phi) is 4.76. The van der Waals surface area contributed by atoms with Gasteiger partial charge in [-0.25, -0.2) is 4.79 Å². The zero-order valence-corrected chi connectivity index (χ0v) is 15.0. The van der Waals surface area contributed by atoms with E-state index in [0.29, 0.717) is 12.0 Å². The van der Waals surface area contributed by atoms with Crippen LogP contribution >= 0.6 is 0 Å². The van der Waals surface area contributed by atoms with Gasteiger partial charge in [0, 0.05) is 12.6 Å². The number of barbiturate groups is 1. The molecule has 0 aromatic heterocycles. The Hall–Kier alpha value is -2.76. The number of ketones is 1. The number of amides is 4. The lowest BCUT2D eigenvalue weighted by Gasteiger charge is -2.42. The predicted octanol–water partition coefficient (Wildman–Crippen LogP) is 2.80. The zero-order chi connectivity index (χ0) is 18.9. The molecule has 1 aliphatic heterocycles. The van der Waals surface area contributed by atoms with Crippen LogP contribution in [-0.4, -0.2) is 47.0 Å². The first-order valence-corrected chi connectivity index (χ1v) is 8.79. The van der Waals surface area contributed by atoms with Crippen molar-refractivity contribution in [2.24, 2.45) is 5.41 Å². The van der Waals surface area contributed by atoms with Crippen molar-refractivity contribution < 1.29 is 19.2 Å². The van der Waals surface area contributed by atoms with E-state index in [1.807, 2.05) is 6.08 Å². The van der Waals surface area contributed by atoms with Crippen LogP contribution in [0.3, 0.4) is 0 Å². The van der Waals surface area contributed by atoms with Crippen LogP contribution in [0.15, 0.2) is 42.0 Å². The normalized spacial score (nSPS) is 23.9. The molecule has 1 aliphatic carbocycles. The number of imide groups is 2. The number of nitrogens with zero attached hydrogens (tertiary/aromatic N) is 2. The molecule has 3 rings (SSSR count). The summed E-state index contributed by atoms with van der Waals surface area (Å²) < 4.78 is 0. The number of rotatable bonds is 4. The predicted molar refractivity (Wildman–Crippen MR) is 95.3 cm³/mol. The van der Waals surface area contributed by atoms with Crippen molar-refractivity contribution in [3.63, 3.8) is 0 Å². The molecule has 136 valence electrons. The van der Waals surface area contributed by atoms with Crippen molar-refractivity contribution in [3.05, 3.63) is 47.5 Å². The Balaban J connectivity index is 1.93. The molecule has 1 fully saturated rings. The lowest BCUT2D eigenvalue weighted by atomic mass is 9.73. The van der Waals surface area contributed by atoms with E-state index in [2.05, 4.69) is 0 Å².